The van der Waals surface area contributed by atoms with E-state index in [1.807, 2.05) is 4.90 Å². The van der Waals surface area contributed by atoms with Gasteiger partial charge in [0.25, 0.3) is 0 Å². The summed E-state index contributed by atoms with van der Waals surface area (Å²) >= 11 is 0. The predicted molar refractivity (Wildman–Crippen MR) is 81.6 cm³/mol. The second-order valence-electron chi connectivity index (χ2n) is 6.09. The Kier molecular flexibility index (Phi) is 5.81. The molecule has 2 atom stereocenters. The molecular weight excluding hydrogens is 252 g/mol. The van der Waals surface area contributed by atoms with Crippen molar-refractivity contribution >= 4 is 5.91 Å². The predicted octanol–water partition coefficient (Wildman–Crippen LogP) is 0.352. The van der Waals surface area contributed by atoms with E-state index in [1.165, 1.54) is 0 Å². The molecule has 2 N–H and O–H groups in total. The minimum atomic E-state index is -0.296. The van der Waals surface area contributed by atoms with E-state index >= 15 is 0 Å². The zero-order valence-corrected chi connectivity index (χ0v) is 13.1. The summed E-state index contributed by atoms with van der Waals surface area (Å²) in [6, 6.07) is 0.252. The highest BCUT2D eigenvalue weighted by Gasteiger charge is 2.33. The molecule has 2 fully saturated rings. The summed E-state index contributed by atoms with van der Waals surface area (Å²) in [5.41, 5.74) is 5.96. The van der Waals surface area contributed by atoms with Crippen molar-refractivity contribution in [3.05, 3.63) is 0 Å². The number of piperazine rings is 1. The molecule has 0 saturated carbocycles. The molecule has 5 nitrogen and oxygen atoms in total. The van der Waals surface area contributed by atoms with E-state index in [0.717, 1.165) is 65.1 Å². The van der Waals surface area contributed by atoms with E-state index in [2.05, 4.69) is 23.6 Å². The van der Waals surface area contributed by atoms with Gasteiger partial charge in [-0.3, -0.25) is 9.69 Å². The molecule has 0 aliphatic carbocycles. The summed E-state index contributed by atoms with van der Waals surface area (Å²) in [6.07, 6.45) is 2.88. The van der Waals surface area contributed by atoms with Gasteiger partial charge in [0, 0.05) is 45.3 Å². The third-order valence-electron chi connectivity index (χ3n) is 4.76. The van der Waals surface area contributed by atoms with E-state index in [-0.39, 0.29) is 11.9 Å². The molecule has 1 amide bonds. The maximum absolute atomic E-state index is 12.2. The monoisotopic (exact) mass is 282 g/mol. The van der Waals surface area contributed by atoms with Crippen LogP contribution in [0.25, 0.3) is 0 Å². The zero-order valence-electron chi connectivity index (χ0n) is 13.1. The third-order valence-corrected chi connectivity index (χ3v) is 4.76. The summed E-state index contributed by atoms with van der Waals surface area (Å²) in [6.45, 7) is 11.8. The summed E-state index contributed by atoms with van der Waals surface area (Å²) in [5.74, 6) is 0.154. The number of carbonyl (C=O) groups is 1. The van der Waals surface area contributed by atoms with Gasteiger partial charge in [-0.1, -0.05) is 20.3 Å². The van der Waals surface area contributed by atoms with E-state index < -0.39 is 0 Å². The molecule has 2 saturated heterocycles. The summed E-state index contributed by atoms with van der Waals surface area (Å²) in [5, 5.41) is 0. The summed E-state index contributed by atoms with van der Waals surface area (Å²) in [4.78, 5) is 19.3. The first kappa shape index (κ1) is 15.7. The lowest BCUT2D eigenvalue weighted by molar-refractivity contribution is -0.131. The van der Waals surface area contributed by atoms with Gasteiger partial charge in [0.2, 0.25) is 5.91 Å². The number of rotatable bonds is 5. The van der Waals surface area contributed by atoms with Gasteiger partial charge in [-0.05, 0) is 19.4 Å². The molecule has 0 aromatic carbocycles. The molecule has 2 rings (SSSR count). The fourth-order valence-electron chi connectivity index (χ4n) is 3.35. The number of carbonyl (C=O) groups excluding carboxylic acids is 1. The lowest BCUT2D eigenvalue weighted by Crippen LogP contribution is -2.51. The average Bonchev–Trinajstić information content (AvgIpc) is 2.96. The van der Waals surface area contributed by atoms with Crippen molar-refractivity contribution in [1.82, 2.24) is 14.7 Å². The molecule has 2 aliphatic rings. The van der Waals surface area contributed by atoms with Gasteiger partial charge in [0.15, 0.2) is 0 Å². The fraction of sp³-hybridized carbons (Fsp3) is 0.933. The van der Waals surface area contributed by atoms with Crippen LogP contribution < -0.4 is 5.73 Å². The van der Waals surface area contributed by atoms with Gasteiger partial charge in [-0.25, -0.2) is 0 Å². The van der Waals surface area contributed by atoms with Crippen LogP contribution in [-0.4, -0.2) is 78.5 Å². The van der Waals surface area contributed by atoms with Crippen molar-refractivity contribution in [2.45, 2.75) is 45.2 Å². The normalized spacial score (nSPS) is 26.9. The Morgan fingerprint density at radius 1 is 1.20 bits per heavy atom. The van der Waals surface area contributed by atoms with Crippen LogP contribution in [0.15, 0.2) is 0 Å². The Hall–Kier alpha value is -0.650. The third kappa shape index (κ3) is 3.71. The molecule has 0 aromatic rings. The number of nitrogens with zero attached hydrogens (tertiary/aromatic N) is 3. The lowest BCUT2D eigenvalue weighted by Gasteiger charge is -2.37. The quantitative estimate of drug-likeness (QED) is 0.791. The second kappa shape index (κ2) is 7.38. The number of amides is 1. The molecular formula is C15H30N4O. The Morgan fingerprint density at radius 2 is 1.90 bits per heavy atom. The van der Waals surface area contributed by atoms with Crippen molar-refractivity contribution in [2.24, 2.45) is 5.73 Å². The summed E-state index contributed by atoms with van der Waals surface area (Å²) in [7, 11) is 0. The van der Waals surface area contributed by atoms with Crippen LogP contribution in [-0.2, 0) is 4.79 Å². The average molecular weight is 282 g/mol. The molecule has 0 radical (unpaired) electrons. The second-order valence-corrected chi connectivity index (χ2v) is 6.09. The van der Waals surface area contributed by atoms with Crippen molar-refractivity contribution in [2.75, 3.05) is 45.8 Å². The van der Waals surface area contributed by atoms with Crippen LogP contribution >= 0.6 is 0 Å². The van der Waals surface area contributed by atoms with Gasteiger partial charge in [0.1, 0.15) is 0 Å². The first-order valence-corrected chi connectivity index (χ1v) is 8.16. The Morgan fingerprint density at radius 3 is 2.50 bits per heavy atom. The van der Waals surface area contributed by atoms with Crippen molar-refractivity contribution < 1.29 is 4.79 Å². The Bertz CT molecular complexity index is 315. The maximum Gasteiger partial charge on any atom is 0.239 e. The van der Waals surface area contributed by atoms with Crippen LogP contribution in [0.4, 0.5) is 0 Å². The van der Waals surface area contributed by atoms with Crippen molar-refractivity contribution in [3.8, 4) is 0 Å². The van der Waals surface area contributed by atoms with Gasteiger partial charge in [-0.2, -0.15) is 0 Å². The fourth-order valence-corrected chi connectivity index (χ4v) is 3.35. The first-order valence-electron chi connectivity index (χ1n) is 8.16. The number of hydrogen-bond donors (Lipinski definition) is 1. The molecule has 2 unspecified atom stereocenters. The number of likely N-dealkylation sites (tertiary alicyclic amines) is 1. The standard InChI is InChI=1S/C15H30N4O/c1-3-5-14(16)15(20)19-7-6-13(12-19)18-10-8-17(4-2)9-11-18/h13-14H,3-12,16H2,1-2H3. The van der Waals surface area contributed by atoms with E-state index in [4.69, 9.17) is 5.73 Å². The SMILES string of the molecule is CCCC(N)C(=O)N1CCC(N2CCN(CC)CC2)C1. The highest BCUT2D eigenvalue weighted by atomic mass is 16.2. The molecule has 5 heteroatoms. The lowest BCUT2D eigenvalue weighted by atomic mass is 10.1. The van der Waals surface area contributed by atoms with E-state index in [0.29, 0.717) is 6.04 Å². The number of hydrogen-bond acceptors (Lipinski definition) is 4. The zero-order chi connectivity index (χ0) is 14.5. The molecule has 0 aromatic heterocycles. The molecule has 116 valence electrons. The van der Waals surface area contributed by atoms with Gasteiger partial charge < -0.3 is 15.5 Å². The summed E-state index contributed by atoms with van der Waals surface area (Å²) < 4.78 is 0. The highest BCUT2D eigenvalue weighted by molar-refractivity contribution is 5.81. The van der Waals surface area contributed by atoms with Gasteiger partial charge in [-0.15, -0.1) is 0 Å². The van der Waals surface area contributed by atoms with E-state index in [9.17, 15) is 4.79 Å². The van der Waals surface area contributed by atoms with Crippen LogP contribution in [0, 0.1) is 0 Å². The molecule has 2 heterocycles. The Labute approximate surface area is 123 Å². The molecule has 20 heavy (non-hydrogen) atoms. The minimum absolute atomic E-state index is 0.154. The van der Waals surface area contributed by atoms with Crippen molar-refractivity contribution in [3.63, 3.8) is 0 Å². The van der Waals surface area contributed by atoms with Crippen LogP contribution in [0.2, 0.25) is 0 Å². The van der Waals surface area contributed by atoms with Crippen LogP contribution in [0.1, 0.15) is 33.1 Å². The smallest absolute Gasteiger partial charge is 0.239 e. The van der Waals surface area contributed by atoms with Crippen LogP contribution in [0.5, 0.6) is 0 Å². The topological polar surface area (TPSA) is 52.8 Å². The van der Waals surface area contributed by atoms with Gasteiger partial charge >= 0.3 is 0 Å². The Balaban J connectivity index is 1.79. The maximum atomic E-state index is 12.2. The highest BCUT2D eigenvalue weighted by Crippen LogP contribution is 2.18. The van der Waals surface area contributed by atoms with Crippen LogP contribution in [0.3, 0.4) is 0 Å². The number of nitrogens with two attached hydrogens (primary N) is 1. The molecule has 2 aliphatic heterocycles. The largest absolute Gasteiger partial charge is 0.340 e. The van der Waals surface area contributed by atoms with Crippen molar-refractivity contribution in [1.29, 1.82) is 0 Å². The molecule has 0 bridgehead atoms. The minimum Gasteiger partial charge on any atom is -0.340 e. The van der Waals surface area contributed by atoms with Gasteiger partial charge in [0.05, 0.1) is 6.04 Å². The number of likely N-dealkylation sites (N-methyl/N-ethyl adjacent to an activating group) is 1. The first-order chi connectivity index (χ1) is 9.65. The molecule has 0 spiro atoms. The van der Waals surface area contributed by atoms with E-state index in [1.54, 1.807) is 0 Å².